The van der Waals surface area contributed by atoms with E-state index < -0.39 is 10.0 Å². The number of nitrogens with zero attached hydrogens (tertiary/aromatic N) is 1. The van der Waals surface area contributed by atoms with Crippen LogP contribution in [0.4, 0.5) is 0 Å². The van der Waals surface area contributed by atoms with Gasteiger partial charge >= 0.3 is 0 Å². The monoisotopic (exact) mass is 305 g/mol. The largest absolute Gasteiger partial charge is 0.464 e. The summed E-state index contributed by atoms with van der Waals surface area (Å²) in [5, 5.41) is 0. The molecule has 2 heterocycles. The molecular weight excluding hydrogens is 286 g/mol. The molecule has 0 amide bonds. The summed E-state index contributed by atoms with van der Waals surface area (Å²) in [5.74, 6) is 2.04. The van der Waals surface area contributed by atoms with Crippen molar-refractivity contribution in [3.63, 3.8) is 0 Å². The van der Waals surface area contributed by atoms with E-state index in [2.05, 4.69) is 13.8 Å². The van der Waals surface area contributed by atoms with Crippen molar-refractivity contribution in [1.82, 2.24) is 4.31 Å². The summed E-state index contributed by atoms with van der Waals surface area (Å²) in [6.07, 6.45) is 0.902. The Bertz CT molecular complexity index is 552. The average molecular weight is 306 g/mol. The molecule has 6 heteroatoms. The number of alkyl halides is 1. The van der Waals surface area contributed by atoms with Gasteiger partial charge < -0.3 is 4.42 Å². The van der Waals surface area contributed by atoms with Gasteiger partial charge in [-0.15, -0.1) is 11.6 Å². The Balaban J connectivity index is 2.29. The van der Waals surface area contributed by atoms with Crippen molar-refractivity contribution >= 4 is 21.6 Å². The molecule has 2 rings (SSSR count). The van der Waals surface area contributed by atoms with Crippen LogP contribution in [-0.2, 0) is 15.9 Å². The summed E-state index contributed by atoms with van der Waals surface area (Å²) in [6.45, 7) is 7.08. The van der Waals surface area contributed by atoms with Gasteiger partial charge in [0.2, 0.25) is 10.0 Å². The van der Waals surface area contributed by atoms with E-state index >= 15 is 0 Å². The molecule has 1 aromatic rings. The molecule has 0 aromatic carbocycles. The Morgan fingerprint density at radius 2 is 2.11 bits per heavy atom. The summed E-state index contributed by atoms with van der Waals surface area (Å²) in [7, 11) is -3.46. The minimum absolute atomic E-state index is 0.184. The predicted molar refractivity (Wildman–Crippen MR) is 74.7 cm³/mol. The van der Waals surface area contributed by atoms with Gasteiger partial charge in [0.05, 0.1) is 5.88 Å². The van der Waals surface area contributed by atoms with E-state index in [9.17, 15) is 8.42 Å². The van der Waals surface area contributed by atoms with E-state index in [4.69, 9.17) is 16.0 Å². The quantitative estimate of drug-likeness (QED) is 0.807. The van der Waals surface area contributed by atoms with E-state index in [-0.39, 0.29) is 10.8 Å². The predicted octanol–water partition coefficient (Wildman–Crippen LogP) is 2.99. The lowest BCUT2D eigenvalue weighted by Gasteiger charge is -2.34. The van der Waals surface area contributed by atoms with Crippen molar-refractivity contribution in [3.05, 3.63) is 17.6 Å². The van der Waals surface area contributed by atoms with Crippen LogP contribution in [0.3, 0.4) is 0 Å². The van der Waals surface area contributed by atoms with Gasteiger partial charge in [-0.2, -0.15) is 4.31 Å². The Labute approximate surface area is 119 Å². The molecule has 1 aliphatic heterocycles. The highest BCUT2D eigenvalue weighted by atomic mass is 35.5. The molecule has 0 bridgehead atoms. The Morgan fingerprint density at radius 1 is 1.42 bits per heavy atom. The molecule has 1 saturated heterocycles. The van der Waals surface area contributed by atoms with Gasteiger partial charge in [-0.05, 0) is 25.2 Å². The summed E-state index contributed by atoms with van der Waals surface area (Å²) in [6, 6.07) is 1.54. The number of rotatable bonds is 3. The van der Waals surface area contributed by atoms with Crippen molar-refractivity contribution < 1.29 is 12.8 Å². The van der Waals surface area contributed by atoms with Gasteiger partial charge in [0.1, 0.15) is 16.4 Å². The van der Waals surface area contributed by atoms with Crippen LogP contribution >= 0.6 is 11.6 Å². The molecule has 2 unspecified atom stereocenters. The number of hydrogen-bond acceptors (Lipinski definition) is 3. The maximum atomic E-state index is 12.6. The SMILES string of the molecule is Cc1oc(CCl)cc1S(=O)(=O)N1CCC(C)C(C)C1. The van der Waals surface area contributed by atoms with Crippen LogP contribution in [-0.4, -0.2) is 25.8 Å². The van der Waals surface area contributed by atoms with E-state index in [0.29, 0.717) is 36.4 Å². The molecule has 4 nitrogen and oxygen atoms in total. The van der Waals surface area contributed by atoms with Crippen molar-refractivity contribution in [2.24, 2.45) is 11.8 Å². The van der Waals surface area contributed by atoms with Gasteiger partial charge in [0, 0.05) is 19.2 Å². The second-order valence-corrected chi connectivity index (χ2v) is 7.55. The molecule has 0 spiro atoms. The summed E-state index contributed by atoms with van der Waals surface area (Å²) >= 11 is 5.69. The van der Waals surface area contributed by atoms with Crippen molar-refractivity contribution in [3.8, 4) is 0 Å². The molecule has 1 fully saturated rings. The zero-order valence-corrected chi connectivity index (χ0v) is 13.1. The average Bonchev–Trinajstić information content (AvgIpc) is 2.74. The fraction of sp³-hybridized carbons (Fsp3) is 0.692. The molecule has 0 N–H and O–H groups in total. The minimum atomic E-state index is -3.46. The van der Waals surface area contributed by atoms with Crippen LogP contribution in [0.1, 0.15) is 31.8 Å². The lowest BCUT2D eigenvalue weighted by molar-refractivity contribution is 0.212. The summed E-state index contributed by atoms with van der Waals surface area (Å²) in [4.78, 5) is 0.255. The van der Waals surface area contributed by atoms with Crippen LogP contribution in [0.25, 0.3) is 0 Å². The van der Waals surface area contributed by atoms with E-state index in [1.165, 1.54) is 0 Å². The first-order chi connectivity index (χ1) is 8.86. The van der Waals surface area contributed by atoms with Gasteiger partial charge in [-0.1, -0.05) is 13.8 Å². The fourth-order valence-corrected chi connectivity index (χ4v) is 4.30. The fourth-order valence-electron chi connectivity index (χ4n) is 2.43. The molecular formula is C13H20ClNO3S. The molecule has 2 atom stereocenters. The highest BCUT2D eigenvalue weighted by molar-refractivity contribution is 7.89. The van der Waals surface area contributed by atoms with Crippen LogP contribution < -0.4 is 0 Å². The lowest BCUT2D eigenvalue weighted by Crippen LogP contribution is -2.42. The van der Waals surface area contributed by atoms with Crippen molar-refractivity contribution in [2.75, 3.05) is 13.1 Å². The second kappa shape index (κ2) is 5.46. The number of hydrogen-bond donors (Lipinski definition) is 0. The van der Waals surface area contributed by atoms with Crippen LogP contribution in [0, 0.1) is 18.8 Å². The topological polar surface area (TPSA) is 50.5 Å². The maximum absolute atomic E-state index is 12.6. The molecule has 0 aliphatic carbocycles. The van der Waals surface area contributed by atoms with Crippen molar-refractivity contribution in [2.45, 2.75) is 38.0 Å². The van der Waals surface area contributed by atoms with Crippen molar-refractivity contribution in [1.29, 1.82) is 0 Å². The van der Waals surface area contributed by atoms with Gasteiger partial charge in [-0.3, -0.25) is 0 Å². The first kappa shape index (κ1) is 14.9. The number of furan rings is 1. The highest BCUT2D eigenvalue weighted by Crippen LogP contribution is 2.30. The van der Waals surface area contributed by atoms with E-state index in [0.717, 1.165) is 6.42 Å². The van der Waals surface area contributed by atoms with E-state index in [1.807, 2.05) is 0 Å². The molecule has 1 aliphatic rings. The first-order valence-corrected chi connectivity index (χ1v) is 8.49. The van der Waals surface area contributed by atoms with Gasteiger partial charge in [0.15, 0.2) is 0 Å². The van der Waals surface area contributed by atoms with Crippen LogP contribution in [0.15, 0.2) is 15.4 Å². The zero-order chi connectivity index (χ0) is 14.2. The standard InChI is InChI=1S/C13H20ClNO3S/c1-9-4-5-15(8-10(9)2)19(16,17)13-6-12(7-14)18-11(13)3/h6,9-10H,4-5,7-8H2,1-3H3. The third kappa shape index (κ3) is 2.83. The Morgan fingerprint density at radius 3 is 2.63 bits per heavy atom. The summed E-state index contributed by atoms with van der Waals surface area (Å²) in [5.41, 5.74) is 0. The molecule has 0 radical (unpaired) electrons. The zero-order valence-electron chi connectivity index (χ0n) is 11.5. The second-order valence-electron chi connectivity index (χ2n) is 5.37. The van der Waals surface area contributed by atoms with Gasteiger partial charge in [0.25, 0.3) is 0 Å². The lowest BCUT2D eigenvalue weighted by atomic mass is 9.90. The number of sulfonamides is 1. The molecule has 19 heavy (non-hydrogen) atoms. The van der Waals surface area contributed by atoms with E-state index in [1.54, 1.807) is 17.3 Å². The number of piperidine rings is 1. The molecule has 0 saturated carbocycles. The maximum Gasteiger partial charge on any atom is 0.246 e. The first-order valence-electron chi connectivity index (χ1n) is 6.51. The number of aryl methyl sites for hydroxylation is 1. The molecule has 108 valence electrons. The number of halogens is 1. The normalized spacial score (nSPS) is 25.7. The van der Waals surface area contributed by atoms with Gasteiger partial charge in [-0.25, -0.2) is 8.42 Å². The van der Waals surface area contributed by atoms with Crippen LogP contribution in [0.2, 0.25) is 0 Å². The smallest absolute Gasteiger partial charge is 0.246 e. The molecule has 1 aromatic heterocycles. The Kier molecular flexibility index (Phi) is 4.28. The Hall–Kier alpha value is -0.520. The highest BCUT2D eigenvalue weighted by Gasteiger charge is 2.33. The minimum Gasteiger partial charge on any atom is -0.464 e. The third-order valence-corrected chi connectivity index (χ3v) is 6.21. The third-order valence-electron chi connectivity index (χ3n) is 3.97. The van der Waals surface area contributed by atoms with Crippen LogP contribution in [0.5, 0.6) is 0 Å². The summed E-state index contributed by atoms with van der Waals surface area (Å²) < 4.78 is 32.1.